The quantitative estimate of drug-likeness (QED) is 0.758. The van der Waals surface area contributed by atoms with E-state index in [4.69, 9.17) is 10.5 Å². The molecule has 2 unspecified atom stereocenters. The van der Waals surface area contributed by atoms with Crippen molar-refractivity contribution in [3.8, 4) is 5.75 Å². The third-order valence-corrected chi connectivity index (χ3v) is 3.32. The van der Waals surface area contributed by atoms with Gasteiger partial charge in [0.15, 0.2) is 0 Å². The standard InChI is InChI=1S/C10H12BrNO/c1-5-3-7-9(4-8(5)11)13-6(2)10(7)12/h3-4,6,10H,12H2,1-2H3. The third-order valence-electron chi connectivity index (χ3n) is 2.47. The molecule has 2 N–H and O–H groups in total. The van der Waals surface area contributed by atoms with Gasteiger partial charge in [-0.25, -0.2) is 0 Å². The van der Waals surface area contributed by atoms with Crippen molar-refractivity contribution in [2.45, 2.75) is 26.0 Å². The first kappa shape index (κ1) is 9.03. The molecule has 3 heteroatoms. The van der Waals surface area contributed by atoms with Crippen LogP contribution in [-0.2, 0) is 0 Å². The van der Waals surface area contributed by atoms with E-state index in [1.54, 1.807) is 0 Å². The second kappa shape index (κ2) is 3.00. The van der Waals surface area contributed by atoms with E-state index >= 15 is 0 Å². The van der Waals surface area contributed by atoms with Gasteiger partial charge in [0.25, 0.3) is 0 Å². The molecular formula is C10H12BrNO. The molecule has 13 heavy (non-hydrogen) atoms. The lowest BCUT2D eigenvalue weighted by atomic mass is 10.0. The first-order chi connectivity index (χ1) is 6.09. The Kier molecular flexibility index (Phi) is 2.08. The Morgan fingerprint density at radius 1 is 1.46 bits per heavy atom. The highest BCUT2D eigenvalue weighted by atomic mass is 79.9. The monoisotopic (exact) mass is 241 g/mol. The maximum atomic E-state index is 5.97. The molecule has 0 amide bonds. The van der Waals surface area contributed by atoms with Crippen molar-refractivity contribution in [2.24, 2.45) is 5.73 Å². The lowest BCUT2D eigenvalue weighted by molar-refractivity contribution is 0.228. The molecular weight excluding hydrogens is 230 g/mol. The fraction of sp³-hybridized carbons (Fsp3) is 0.400. The summed E-state index contributed by atoms with van der Waals surface area (Å²) in [5.74, 6) is 0.914. The normalized spacial score (nSPS) is 25.5. The summed E-state index contributed by atoms with van der Waals surface area (Å²) >= 11 is 3.47. The largest absolute Gasteiger partial charge is 0.488 e. The van der Waals surface area contributed by atoms with Crippen LogP contribution in [0.15, 0.2) is 16.6 Å². The van der Waals surface area contributed by atoms with Crippen LogP contribution in [0.3, 0.4) is 0 Å². The summed E-state index contributed by atoms with van der Waals surface area (Å²) in [5.41, 5.74) is 8.29. The minimum Gasteiger partial charge on any atom is -0.488 e. The van der Waals surface area contributed by atoms with E-state index < -0.39 is 0 Å². The highest BCUT2D eigenvalue weighted by Gasteiger charge is 2.28. The second-order valence-electron chi connectivity index (χ2n) is 3.49. The highest BCUT2D eigenvalue weighted by Crippen LogP contribution is 2.38. The van der Waals surface area contributed by atoms with Crippen LogP contribution in [0.4, 0.5) is 0 Å². The van der Waals surface area contributed by atoms with E-state index in [-0.39, 0.29) is 12.1 Å². The summed E-state index contributed by atoms with van der Waals surface area (Å²) in [5, 5.41) is 0. The summed E-state index contributed by atoms with van der Waals surface area (Å²) in [4.78, 5) is 0. The molecule has 70 valence electrons. The van der Waals surface area contributed by atoms with Crippen LogP contribution in [0.1, 0.15) is 24.1 Å². The van der Waals surface area contributed by atoms with Crippen molar-refractivity contribution in [3.05, 3.63) is 27.7 Å². The zero-order chi connectivity index (χ0) is 9.59. The summed E-state index contributed by atoms with van der Waals surface area (Å²) in [6.07, 6.45) is 0.0868. The highest BCUT2D eigenvalue weighted by molar-refractivity contribution is 9.10. The predicted octanol–water partition coefficient (Wildman–Crippen LogP) is 2.54. The number of ether oxygens (including phenoxy) is 1. The van der Waals surface area contributed by atoms with E-state index in [1.807, 2.05) is 13.0 Å². The predicted molar refractivity (Wildman–Crippen MR) is 55.9 cm³/mol. The third kappa shape index (κ3) is 1.36. The summed E-state index contributed by atoms with van der Waals surface area (Å²) < 4.78 is 6.68. The van der Waals surface area contributed by atoms with Crippen LogP contribution in [0.5, 0.6) is 5.75 Å². The molecule has 2 atom stereocenters. The second-order valence-corrected chi connectivity index (χ2v) is 4.34. The van der Waals surface area contributed by atoms with Crippen molar-refractivity contribution < 1.29 is 4.74 Å². The van der Waals surface area contributed by atoms with Crippen LogP contribution in [0.25, 0.3) is 0 Å². The van der Waals surface area contributed by atoms with E-state index in [2.05, 4.69) is 28.9 Å². The van der Waals surface area contributed by atoms with Gasteiger partial charge < -0.3 is 10.5 Å². The number of halogens is 1. The number of fused-ring (bicyclic) bond motifs is 1. The molecule has 1 heterocycles. The van der Waals surface area contributed by atoms with E-state index in [9.17, 15) is 0 Å². The van der Waals surface area contributed by atoms with Gasteiger partial charge in [0.05, 0.1) is 6.04 Å². The molecule has 0 spiro atoms. The number of nitrogens with two attached hydrogens (primary N) is 1. The Hall–Kier alpha value is -0.540. The number of hydrogen-bond donors (Lipinski definition) is 1. The van der Waals surface area contributed by atoms with Crippen molar-refractivity contribution in [2.75, 3.05) is 0 Å². The van der Waals surface area contributed by atoms with Gasteiger partial charge in [0.1, 0.15) is 11.9 Å². The number of hydrogen-bond acceptors (Lipinski definition) is 2. The van der Waals surface area contributed by atoms with Crippen molar-refractivity contribution in [1.29, 1.82) is 0 Å². The zero-order valence-corrected chi connectivity index (χ0v) is 9.26. The van der Waals surface area contributed by atoms with Gasteiger partial charge in [-0.1, -0.05) is 15.9 Å². The topological polar surface area (TPSA) is 35.2 Å². The molecule has 1 aliphatic heterocycles. The number of benzene rings is 1. The SMILES string of the molecule is Cc1cc2c(cc1Br)OC(C)C2N. The Bertz CT molecular complexity index is 351. The van der Waals surface area contributed by atoms with Gasteiger partial charge in [-0.15, -0.1) is 0 Å². The fourth-order valence-corrected chi connectivity index (χ4v) is 1.90. The van der Waals surface area contributed by atoms with Crippen LogP contribution >= 0.6 is 15.9 Å². The van der Waals surface area contributed by atoms with E-state index in [0.717, 1.165) is 15.8 Å². The molecule has 0 saturated heterocycles. The van der Waals surface area contributed by atoms with Gasteiger partial charge in [0.2, 0.25) is 0 Å². The molecule has 0 fully saturated rings. The average Bonchev–Trinajstić information content (AvgIpc) is 2.32. The van der Waals surface area contributed by atoms with Gasteiger partial charge in [0, 0.05) is 10.0 Å². The molecule has 0 bridgehead atoms. The van der Waals surface area contributed by atoms with Crippen molar-refractivity contribution in [1.82, 2.24) is 0 Å². The Balaban J connectivity index is 2.53. The van der Waals surface area contributed by atoms with Crippen molar-refractivity contribution in [3.63, 3.8) is 0 Å². The first-order valence-electron chi connectivity index (χ1n) is 4.32. The molecule has 1 aromatic carbocycles. The van der Waals surface area contributed by atoms with Crippen LogP contribution in [0, 0.1) is 6.92 Å². The van der Waals surface area contributed by atoms with Crippen LogP contribution in [-0.4, -0.2) is 6.10 Å². The minimum atomic E-state index is 0.0156. The summed E-state index contributed by atoms with van der Waals surface area (Å²) in [6, 6.07) is 4.10. The van der Waals surface area contributed by atoms with Crippen LogP contribution < -0.4 is 10.5 Å². The number of rotatable bonds is 0. The van der Waals surface area contributed by atoms with Gasteiger partial charge in [-0.3, -0.25) is 0 Å². The lowest BCUT2D eigenvalue weighted by Crippen LogP contribution is -2.21. The van der Waals surface area contributed by atoms with Gasteiger partial charge in [-0.2, -0.15) is 0 Å². The smallest absolute Gasteiger partial charge is 0.125 e. The maximum absolute atomic E-state index is 5.97. The number of aryl methyl sites for hydroxylation is 1. The van der Waals surface area contributed by atoms with Gasteiger partial charge >= 0.3 is 0 Å². The first-order valence-corrected chi connectivity index (χ1v) is 5.11. The molecule has 0 aliphatic carbocycles. The molecule has 2 nitrogen and oxygen atoms in total. The van der Waals surface area contributed by atoms with Crippen LogP contribution in [0.2, 0.25) is 0 Å². The fourth-order valence-electron chi connectivity index (χ4n) is 1.57. The zero-order valence-electron chi connectivity index (χ0n) is 7.67. The van der Waals surface area contributed by atoms with E-state index in [1.165, 1.54) is 5.56 Å². The Morgan fingerprint density at radius 3 is 2.85 bits per heavy atom. The lowest BCUT2D eigenvalue weighted by Gasteiger charge is -2.07. The minimum absolute atomic E-state index is 0.0156. The maximum Gasteiger partial charge on any atom is 0.125 e. The molecule has 1 aliphatic rings. The Labute approximate surface area is 86.2 Å². The molecule has 1 aromatic rings. The Morgan fingerprint density at radius 2 is 2.15 bits per heavy atom. The summed E-state index contributed by atoms with van der Waals surface area (Å²) in [6.45, 7) is 4.05. The summed E-state index contributed by atoms with van der Waals surface area (Å²) in [7, 11) is 0. The van der Waals surface area contributed by atoms with E-state index in [0.29, 0.717) is 0 Å². The van der Waals surface area contributed by atoms with Gasteiger partial charge in [-0.05, 0) is 31.5 Å². The van der Waals surface area contributed by atoms with Crippen molar-refractivity contribution >= 4 is 15.9 Å². The molecule has 0 radical (unpaired) electrons. The molecule has 0 aromatic heterocycles. The average molecular weight is 242 g/mol. The molecule has 0 saturated carbocycles. The molecule has 2 rings (SSSR count).